The summed E-state index contributed by atoms with van der Waals surface area (Å²) in [5.41, 5.74) is 5.45. The third-order valence-corrected chi connectivity index (χ3v) is 6.96. The van der Waals surface area contributed by atoms with Gasteiger partial charge < -0.3 is 15.5 Å². The first-order valence-corrected chi connectivity index (χ1v) is 10.7. The van der Waals surface area contributed by atoms with Gasteiger partial charge in [0.25, 0.3) is 5.91 Å². The lowest BCUT2D eigenvalue weighted by Crippen LogP contribution is -2.52. The predicted octanol–water partition coefficient (Wildman–Crippen LogP) is 2.46. The summed E-state index contributed by atoms with van der Waals surface area (Å²) in [6.45, 7) is 0.629. The quantitative estimate of drug-likeness (QED) is 0.817. The minimum atomic E-state index is -0.886. The molecule has 2 N–H and O–H groups in total. The second kappa shape index (κ2) is 8.32. The number of nitrogens with two attached hydrogens (primary N) is 1. The summed E-state index contributed by atoms with van der Waals surface area (Å²) in [6.07, 6.45) is 5.64. The van der Waals surface area contributed by atoms with Crippen LogP contribution in [0.5, 0.6) is 0 Å². The third-order valence-electron chi connectivity index (χ3n) is 6.96. The van der Waals surface area contributed by atoms with Crippen molar-refractivity contribution in [2.24, 2.45) is 17.6 Å². The van der Waals surface area contributed by atoms with Crippen LogP contribution in [0.25, 0.3) is 0 Å². The predicted molar refractivity (Wildman–Crippen MR) is 105 cm³/mol. The molecule has 4 rings (SSSR count). The van der Waals surface area contributed by atoms with E-state index in [4.69, 9.17) is 5.73 Å². The van der Waals surface area contributed by atoms with Crippen molar-refractivity contribution < 1.29 is 23.2 Å². The highest BCUT2D eigenvalue weighted by Gasteiger charge is 2.48. The molecule has 0 spiro atoms. The Bertz CT molecular complexity index is 854. The molecule has 6 nitrogen and oxygen atoms in total. The third kappa shape index (κ3) is 3.79. The van der Waals surface area contributed by atoms with Gasteiger partial charge in [-0.3, -0.25) is 14.4 Å². The van der Waals surface area contributed by atoms with Crippen molar-refractivity contribution in [2.45, 2.75) is 57.0 Å². The van der Waals surface area contributed by atoms with E-state index in [1.807, 2.05) is 0 Å². The molecule has 0 unspecified atom stereocenters. The van der Waals surface area contributed by atoms with Crippen molar-refractivity contribution in [1.82, 2.24) is 9.80 Å². The van der Waals surface area contributed by atoms with Crippen LogP contribution in [0.1, 0.15) is 55.3 Å². The number of nitrogens with zero attached hydrogens (tertiary/aromatic N) is 2. The van der Waals surface area contributed by atoms with E-state index >= 15 is 0 Å². The van der Waals surface area contributed by atoms with Crippen LogP contribution in [0.2, 0.25) is 0 Å². The number of hydrogen-bond acceptors (Lipinski definition) is 3. The molecule has 2 saturated heterocycles. The number of carbonyl (C=O) groups excluding carboxylic acids is 3. The molecule has 162 valence electrons. The Kier molecular flexibility index (Phi) is 5.75. The molecule has 1 aromatic rings. The number of likely N-dealkylation sites (tertiary alicyclic amines) is 2. The largest absolute Gasteiger partial charge is 0.368 e. The lowest BCUT2D eigenvalue weighted by Gasteiger charge is -2.38. The van der Waals surface area contributed by atoms with Crippen LogP contribution in [0, 0.1) is 23.5 Å². The summed E-state index contributed by atoms with van der Waals surface area (Å²) in [7, 11) is 0. The zero-order valence-electron chi connectivity index (χ0n) is 16.9. The van der Waals surface area contributed by atoms with Gasteiger partial charge in [-0.2, -0.15) is 0 Å². The first-order valence-electron chi connectivity index (χ1n) is 10.7. The number of hydrogen-bond donors (Lipinski definition) is 1. The van der Waals surface area contributed by atoms with Gasteiger partial charge in [0.1, 0.15) is 17.7 Å². The van der Waals surface area contributed by atoms with E-state index < -0.39 is 29.5 Å². The Balaban J connectivity index is 1.42. The summed E-state index contributed by atoms with van der Waals surface area (Å²) < 4.78 is 27.1. The second-order valence-corrected chi connectivity index (χ2v) is 8.70. The molecule has 8 heteroatoms. The van der Waals surface area contributed by atoms with E-state index in [1.54, 1.807) is 4.90 Å². The van der Waals surface area contributed by atoms with E-state index in [2.05, 4.69) is 0 Å². The number of carbonyl (C=O) groups is 3. The maximum absolute atomic E-state index is 13.9. The first kappa shape index (κ1) is 20.8. The number of halogens is 2. The minimum absolute atomic E-state index is 0.0479. The van der Waals surface area contributed by atoms with Gasteiger partial charge in [0.15, 0.2) is 0 Å². The highest BCUT2D eigenvalue weighted by Crippen LogP contribution is 2.41. The lowest BCUT2D eigenvalue weighted by molar-refractivity contribution is -0.144. The smallest absolute Gasteiger partial charge is 0.256 e. The maximum Gasteiger partial charge on any atom is 0.256 e. The van der Waals surface area contributed by atoms with Crippen molar-refractivity contribution in [2.75, 3.05) is 13.1 Å². The summed E-state index contributed by atoms with van der Waals surface area (Å²) in [5, 5.41) is 0. The molecule has 1 aliphatic carbocycles. The van der Waals surface area contributed by atoms with Crippen molar-refractivity contribution in [3.63, 3.8) is 0 Å². The highest BCUT2D eigenvalue weighted by atomic mass is 19.1. The summed E-state index contributed by atoms with van der Waals surface area (Å²) >= 11 is 0. The van der Waals surface area contributed by atoms with Crippen LogP contribution < -0.4 is 5.73 Å². The fraction of sp³-hybridized carbons (Fsp3) is 0.591. The normalized spacial score (nSPS) is 27.1. The molecule has 30 heavy (non-hydrogen) atoms. The minimum Gasteiger partial charge on any atom is -0.368 e. The SMILES string of the molecule is NC(=O)[C@@H]1C[C@H]2CCCC[C@@H]2N1C(=O)C1CCN(C(=O)c2ccc(F)cc2F)CC1. The van der Waals surface area contributed by atoms with Crippen LogP contribution in [-0.2, 0) is 9.59 Å². The zero-order valence-corrected chi connectivity index (χ0v) is 16.9. The molecular formula is C22H27F2N3O3. The molecule has 0 aromatic heterocycles. The fourth-order valence-electron chi connectivity index (χ4n) is 5.40. The number of benzene rings is 1. The van der Waals surface area contributed by atoms with Crippen LogP contribution in [0.3, 0.4) is 0 Å². The molecule has 3 fully saturated rings. The second-order valence-electron chi connectivity index (χ2n) is 8.70. The molecule has 0 radical (unpaired) electrons. The van der Waals surface area contributed by atoms with Gasteiger partial charge in [0.05, 0.1) is 5.56 Å². The highest BCUT2D eigenvalue weighted by molar-refractivity contribution is 5.95. The Morgan fingerprint density at radius 3 is 2.37 bits per heavy atom. The molecule has 3 atom stereocenters. The number of rotatable bonds is 3. The zero-order chi connectivity index (χ0) is 21.4. The van der Waals surface area contributed by atoms with Gasteiger partial charge in [-0.25, -0.2) is 8.78 Å². The maximum atomic E-state index is 13.9. The van der Waals surface area contributed by atoms with Crippen molar-refractivity contribution >= 4 is 17.7 Å². The van der Waals surface area contributed by atoms with Crippen molar-refractivity contribution in [3.05, 3.63) is 35.4 Å². The average molecular weight is 419 g/mol. The van der Waals surface area contributed by atoms with E-state index in [0.717, 1.165) is 37.8 Å². The van der Waals surface area contributed by atoms with E-state index in [0.29, 0.717) is 44.3 Å². The van der Waals surface area contributed by atoms with E-state index in [9.17, 15) is 23.2 Å². The van der Waals surface area contributed by atoms with E-state index in [1.165, 1.54) is 4.90 Å². The standard InChI is InChI=1S/C22H27F2N3O3/c23-15-5-6-16(17(24)12-15)22(30)26-9-7-13(8-10-26)21(29)27-18-4-2-1-3-14(18)11-19(27)20(25)28/h5-6,12-14,18-19H,1-4,7-11H2,(H2,25,28)/t14-,18+,19+/m1/s1. The number of primary amides is 1. The van der Waals surface area contributed by atoms with Gasteiger partial charge in [-0.1, -0.05) is 12.8 Å². The summed E-state index contributed by atoms with van der Waals surface area (Å²) in [5.74, 6) is -2.56. The van der Waals surface area contributed by atoms with Gasteiger partial charge in [0.2, 0.25) is 11.8 Å². The van der Waals surface area contributed by atoms with Crippen LogP contribution in [0.15, 0.2) is 18.2 Å². The van der Waals surface area contributed by atoms with Gasteiger partial charge in [-0.15, -0.1) is 0 Å². The molecule has 2 heterocycles. The fourth-order valence-corrected chi connectivity index (χ4v) is 5.40. The lowest BCUT2D eigenvalue weighted by atomic mass is 9.84. The summed E-state index contributed by atoms with van der Waals surface area (Å²) in [6, 6.07) is 2.44. The molecular weight excluding hydrogens is 392 g/mol. The Morgan fingerprint density at radius 2 is 1.70 bits per heavy atom. The van der Waals surface area contributed by atoms with Crippen LogP contribution in [0.4, 0.5) is 8.78 Å². The monoisotopic (exact) mass is 419 g/mol. The van der Waals surface area contributed by atoms with E-state index in [-0.39, 0.29) is 23.4 Å². The number of amides is 3. The van der Waals surface area contributed by atoms with Gasteiger partial charge in [0, 0.05) is 31.1 Å². The van der Waals surface area contributed by atoms with Crippen LogP contribution in [-0.4, -0.2) is 52.7 Å². The Morgan fingerprint density at radius 1 is 1.00 bits per heavy atom. The van der Waals surface area contributed by atoms with Crippen molar-refractivity contribution in [1.29, 1.82) is 0 Å². The Labute approximate surface area is 174 Å². The molecule has 0 bridgehead atoms. The Hall–Kier alpha value is -2.51. The van der Waals surface area contributed by atoms with Crippen LogP contribution >= 0.6 is 0 Å². The molecule has 3 aliphatic rings. The average Bonchev–Trinajstić information content (AvgIpc) is 3.13. The number of piperidine rings is 1. The van der Waals surface area contributed by atoms with Gasteiger partial charge >= 0.3 is 0 Å². The van der Waals surface area contributed by atoms with Gasteiger partial charge in [-0.05, 0) is 50.2 Å². The molecule has 3 amide bonds. The topological polar surface area (TPSA) is 83.7 Å². The molecule has 2 aliphatic heterocycles. The number of fused-ring (bicyclic) bond motifs is 1. The first-order chi connectivity index (χ1) is 14.4. The molecule has 1 aromatic carbocycles. The van der Waals surface area contributed by atoms with Crippen molar-refractivity contribution in [3.8, 4) is 0 Å². The molecule has 1 saturated carbocycles. The summed E-state index contributed by atoms with van der Waals surface area (Å²) in [4.78, 5) is 41.2.